The number of nitrogens with zero attached hydrogens (tertiary/aromatic N) is 1. The number of hydrogen-bond donors (Lipinski definition) is 0. The fourth-order valence-electron chi connectivity index (χ4n) is 4.03. The van der Waals surface area contributed by atoms with Crippen molar-refractivity contribution in [2.75, 3.05) is 0 Å². The van der Waals surface area contributed by atoms with Crippen molar-refractivity contribution in [1.82, 2.24) is 0 Å². The average Bonchev–Trinajstić information content (AvgIpc) is 2.44. The molecule has 4 nitrogen and oxygen atoms in total. The summed E-state index contributed by atoms with van der Waals surface area (Å²) in [6.45, 7) is 1.90. The van der Waals surface area contributed by atoms with Gasteiger partial charge in [0.25, 0.3) is 0 Å². The molecular formula is C17H19NO3. The average molecular weight is 285 g/mol. The highest BCUT2D eigenvalue weighted by Crippen LogP contribution is 2.52. The zero-order chi connectivity index (χ0) is 15.0. The maximum absolute atomic E-state index is 12.2. The van der Waals surface area contributed by atoms with Gasteiger partial charge in [0.2, 0.25) is 6.04 Å². The van der Waals surface area contributed by atoms with E-state index in [1.807, 2.05) is 49.4 Å². The molecule has 1 aromatic rings. The van der Waals surface area contributed by atoms with Crippen molar-refractivity contribution in [2.24, 2.45) is 17.3 Å². The Bertz CT molecular complexity index is 595. The van der Waals surface area contributed by atoms with Gasteiger partial charge in [0.05, 0.1) is 5.92 Å². The molecule has 110 valence electrons. The van der Waals surface area contributed by atoms with Crippen LogP contribution in [0.2, 0.25) is 0 Å². The van der Waals surface area contributed by atoms with Crippen LogP contribution in [-0.2, 0) is 4.79 Å². The molecule has 1 aromatic carbocycles. The van der Waals surface area contributed by atoms with Crippen LogP contribution in [0.25, 0.3) is 6.08 Å². The van der Waals surface area contributed by atoms with Gasteiger partial charge in [-0.15, -0.1) is 0 Å². The summed E-state index contributed by atoms with van der Waals surface area (Å²) >= 11 is 0. The second-order valence-electron chi connectivity index (χ2n) is 6.52. The van der Waals surface area contributed by atoms with E-state index in [9.17, 15) is 14.9 Å². The molecule has 21 heavy (non-hydrogen) atoms. The van der Waals surface area contributed by atoms with Gasteiger partial charge in [0.15, 0.2) is 0 Å². The number of hydrogen-bond acceptors (Lipinski definition) is 3. The van der Waals surface area contributed by atoms with E-state index in [1.54, 1.807) is 0 Å². The maximum atomic E-state index is 12.2. The molecule has 0 heterocycles. The number of Topliss-reactive ketones (excluding diaryl/α,β-unsaturated/α-hetero) is 1. The summed E-state index contributed by atoms with van der Waals surface area (Å²) in [5.74, 6) is -0.257. The lowest BCUT2D eigenvalue weighted by molar-refractivity contribution is -0.556. The van der Waals surface area contributed by atoms with E-state index in [-0.39, 0.29) is 22.5 Å². The third-order valence-electron chi connectivity index (χ3n) is 5.10. The quantitative estimate of drug-likeness (QED) is 0.632. The number of ketones is 1. The van der Waals surface area contributed by atoms with Crippen molar-refractivity contribution in [2.45, 2.75) is 32.2 Å². The van der Waals surface area contributed by atoms with Crippen LogP contribution in [-0.4, -0.2) is 16.7 Å². The first kappa shape index (κ1) is 14.0. The van der Waals surface area contributed by atoms with Gasteiger partial charge in [-0.2, -0.15) is 0 Å². The Morgan fingerprint density at radius 1 is 1.33 bits per heavy atom. The van der Waals surface area contributed by atoms with Crippen LogP contribution in [0.15, 0.2) is 36.4 Å². The molecule has 2 bridgehead atoms. The van der Waals surface area contributed by atoms with E-state index in [0.717, 1.165) is 18.4 Å². The lowest BCUT2D eigenvalue weighted by Crippen LogP contribution is -2.57. The fraction of sp³-hybridized carbons (Fsp3) is 0.471. The van der Waals surface area contributed by atoms with E-state index in [0.29, 0.717) is 6.42 Å². The predicted molar refractivity (Wildman–Crippen MR) is 80.2 cm³/mol. The summed E-state index contributed by atoms with van der Waals surface area (Å²) in [5, 5.41) is 11.5. The first-order valence-corrected chi connectivity index (χ1v) is 7.41. The van der Waals surface area contributed by atoms with Gasteiger partial charge in [-0.3, -0.25) is 14.9 Å². The van der Waals surface area contributed by atoms with E-state index >= 15 is 0 Å². The highest BCUT2D eigenvalue weighted by molar-refractivity contribution is 5.84. The smallest absolute Gasteiger partial charge is 0.225 e. The molecule has 0 unspecified atom stereocenters. The van der Waals surface area contributed by atoms with Crippen LogP contribution in [0.5, 0.6) is 0 Å². The zero-order valence-corrected chi connectivity index (χ0v) is 12.1. The van der Waals surface area contributed by atoms with Crippen molar-refractivity contribution in [1.29, 1.82) is 0 Å². The minimum atomic E-state index is -0.645. The van der Waals surface area contributed by atoms with Crippen LogP contribution >= 0.6 is 0 Å². The van der Waals surface area contributed by atoms with Crippen LogP contribution in [0, 0.1) is 27.4 Å². The molecule has 0 spiro atoms. The molecule has 4 heteroatoms. The van der Waals surface area contributed by atoms with E-state index in [2.05, 4.69) is 0 Å². The molecule has 3 saturated carbocycles. The summed E-state index contributed by atoms with van der Waals surface area (Å²) in [7, 11) is 0. The zero-order valence-electron chi connectivity index (χ0n) is 12.1. The largest absolute Gasteiger partial charge is 0.299 e. The van der Waals surface area contributed by atoms with Crippen LogP contribution in [0.1, 0.15) is 31.7 Å². The predicted octanol–water partition coefficient (Wildman–Crippen LogP) is 3.35. The summed E-state index contributed by atoms with van der Waals surface area (Å²) < 4.78 is 0. The first-order chi connectivity index (χ1) is 10.0. The van der Waals surface area contributed by atoms with E-state index < -0.39 is 11.5 Å². The molecule has 3 aliphatic rings. The van der Waals surface area contributed by atoms with Crippen molar-refractivity contribution in [3.05, 3.63) is 52.1 Å². The molecule has 0 N–H and O–H groups in total. The number of benzene rings is 1. The highest BCUT2D eigenvalue weighted by atomic mass is 16.6. The van der Waals surface area contributed by atoms with E-state index in [4.69, 9.17) is 0 Å². The number of nitro groups is 1. The van der Waals surface area contributed by atoms with E-state index in [1.165, 1.54) is 0 Å². The molecule has 4 atom stereocenters. The Morgan fingerprint density at radius 2 is 2.05 bits per heavy atom. The minimum absolute atomic E-state index is 0.168. The highest BCUT2D eigenvalue weighted by Gasteiger charge is 2.59. The van der Waals surface area contributed by atoms with Crippen LogP contribution in [0.4, 0.5) is 0 Å². The van der Waals surface area contributed by atoms with Crippen molar-refractivity contribution in [3.63, 3.8) is 0 Å². The summed E-state index contributed by atoms with van der Waals surface area (Å²) in [6.07, 6.45) is 5.73. The van der Waals surface area contributed by atoms with Crippen LogP contribution < -0.4 is 0 Å². The SMILES string of the molecule is C[C@]12CC[C@H](C(=O)C1)[C@@H](C=Cc1ccccc1)[C@@H]2[N+](=O)[O-]. The normalized spacial score (nSPS) is 35.3. The third kappa shape index (κ3) is 2.39. The van der Waals surface area contributed by atoms with Crippen LogP contribution in [0.3, 0.4) is 0 Å². The van der Waals surface area contributed by atoms with Gasteiger partial charge in [0.1, 0.15) is 5.78 Å². The number of carbonyl (C=O) groups excluding carboxylic acids is 1. The van der Waals surface area contributed by atoms with Gasteiger partial charge >= 0.3 is 0 Å². The Morgan fingerprint density at radius 3 is 2.67 bits per heavy atom. The second-order valence-corrected chi connectivity index (χ2v) is 6.52. The van der Waals surface area contributed by atoms with Crippen molar-refractivity contribution < 1.29 is 9.72 Å². The molecule has 3 fully saturated rings. The molecule has 0 amide bonds. The minimum Gasteiger partial charge on any atom is -0.299 e. The Hall–Kier alpha value is -1.97. The number of carbonyl (C=O) groups is 1. The van der Waals surface area contributed by atoms with Gasteiger partial charge in [-0.05, 0) is 18.4 Å². The first-order valence-electron chi connectivity index (χ1n) is 7.41. The fourth-order valence-corrected chi connectivity index (χ4v) is 4.03. The lowest BCUT2D eigenvalue weighted by atomic mass is 9.53. The second kappa shape index (κ2) is 5.10. The Labute approximate surface area is 124 Å². The monoisotopic (exact) mass is 285 g/mol. The lowest BCUT2D eigenvalue weighted by Gasteiger charge is -2.48. The molecule has 4 rings (SSSR count). The topological polar surface area (TPSA) is 60.2 Å². The summed E-state index contributed by atoms with van der Waals surface area (Å²) in [6, 6.07) is 9.08. The summed E-state index contributed by atoms with van der Waals surface area (Å²) in [4.78, 5) is 23.6. The number of fused-ring (bicyclic) bond motifs is 3. The summed E-state index contributed by atoms with van der Waals surface area (Å²) in [5.41, 5.74) is 0.528. The van der Waals surface area contributed by atoms with Gasteiger partial charge in [-0.1, -0.05) is 49.4 Å². The Kier molecular flexibility index (Phi) is 3.40. The maximum Gasteiger partial charge on any atom is 0.225 e. The molecule has 0 radical (unpaired) electrons. The standard InChI is InChI=1S/C17H19NO3/c1-17-10-9-13(15(19)11-17)14(16(17)18(20)21)8-7-12-5-3-2-4-6-12/h2-8,13-14,16H,9-11H2,1H3/t13-,14+,16-,17-/m0/s1. The van der Waals surface area contributed by atoms with Gasteiger partial charge in [-0.25, -0.2) is 0 Å². The molecule has 3 aliphatic carbocycles. The van der Waals surface area contributed by atoms with Gasteiger partial charge in [0, 0.05) is 22.7 Å². The third-order valence-corrected chi connectivity index (χ3v) is 5.10. The molecule has 0 aliphatic heterocycles. The van der Waals surface area contributed by atoms with Gasteiger partial charge < -0.3 is 0 Å². The molecule has 0 aromatic heterocycles. The molecular weight excluding hydrogens is 266 g/mol. The van der Waals surface area contributed by atoms with Crippen molar-refractivity contribution >= 4 is 11.9 Å². The Balaban J connectivity index is 1.93. The number of rotatable bonds is 3. The molecule has 0 saturated heterocycles. The van der Waals surface area contributed by atoms with Crippen molar-refractivity contribution in [3.8, 4) is 0 Å².